The number of carbonyl (C=O) groups is 3. The van der Waals surface area contributed by atoms with E-state index in [4.69, 9.17) is 14.2 Å². The van der Waals surface area contributed by atoms with Gasteiger partial charge in [-0.05, 0) is 31.1 Å². The largest absolute Gasteiger partial charge is 0.462 e. The summed E-state index contributed by atoms with van der Waals surface area (Å²) in [7, 11) is 0. The van der Waals surface area contributed by atoms with Crippen molar-refractivity contribution in [2.24, 2.45) is 11.8 Å². The molecule has 0 aromatic heterocycles. The Morgan fingerprint density at radius 1 is 0.328 bits per heavy atom. The third kappa shape index (κ3) is 49.8. The fourth-order valence-corrected chi connectivity index (χ4v) is 8.84. The van der Waals surface area contributed by atoms with Crippen LogP contribution in [0.2, 0.25) is 0 Å². The fraction of sp³-hybridized carbons (Fsp3) is 0.948. The van der Waals surface area contributed by atoms with Gasteiger partial charge < -0.3 is 14.2 Å². The lowest BCUT2D eigenvalue weighted by Gasteiger charge is -2.18. The molecule has 0 fully saturated rings. The van der Waals surface area contributed by atoms with Crippen molar-refractivity contribution in [1.82, 2.24) is 0 Å². The van der Waals surface area contributed by atoms with Crippen molar-refractivity contribution in [3.8, 4) is 0 Å². The summed E-state index contributed by atoms with van der Waals surface area (Å²) < 4.78 is 16.8. The van der Waals surface area contributed by atoms with Gasteiger partial charge in [-0.1, -0.05) is 285 Å². The zero-order valence-electron chi connectivity index (χ0n) is 43.9. The van der Waals surface area contributed by atoms with Gasteiger partial charge in [-0.15, -0.1) is 0 Å². The summed E-state index contributed by atoms with van der Waals surface area (Å²) in [4.78, 5) is 38.0. The van der Waals surface area contributed by atoms with Crippen molar-refractivity contribution in [3.63, 3.8) is 0 Å². The number of carbonyl (C=O) groups excluding carboxylic acids is 3. The van der Waals surface area contributed by atoms with E-state index < -0.39 is 6.10 Å². The standard InChI is InChI=1S/C58H112O6/c1-6-8-9-10-11-26-35-40-45-50-58(61)64-55(52-63-57(60)49-44-39-34-30-25-21-17-16-19-23-28-32-37-42-47-54(5)7-2)51-62-56(59)48-43-38-33-29-24-20-15-13-12-14-18-22-27-31-36-41-46-53(3)4/h53-55H,6-52H2,1-5H3/t54?,55-/m0/s1. The van der Waals surface area contributed by atoms with E-state index in [0.29, 0.717) is 19.3 Å². The van der Waals surface area contributed by atoms with Gasteiger partial charge in [0.1, 0.15) is 13.2 Å². The Morgan fingerprint density at radius 3 is 0.891 bits per heavy atom. The first-order valence-corrected chi connectivity index (χ1v) is 28.8. The van der Waals surface area contributed by atoms with Crippen LogP contribution in [0, 0.1) is 11.8 Å². The van der Waals surface area contributed by atoms with Crippen LogP contribution in [0.4, 0.5) is 0 Å². The van der Waals surface area contributed by atoms with E-state index in [0.717, 1.165) is 69.6 Å². The Kier molecular flexibility index (Phi) is 49.6. The quantitative estimate of drug-likeness (QED) is 0.0344. The van der Waals surface area contributed by atoms with E-state index in [-0.39, 0.29) is 31.1 Å². The van der Waals surface area contributed by atoms with E-state index in [1.165, 1.54) is 212 Å². The van der Waals surface area contributed by atoms with Gasteiger partial charge >= 0.3 is 17.9 Å². The second-order valence-corrected chi connectivity index (χ2v) is 20.6. The highest BCUT2D eigenvalue weighted by molar-refractivity contribution is 5.71. The van der Waals surface area contributed by atoms with Crippen molar-refractivity contribution in [1.29, 1.82) is 0 Å². The summed E-state index contributed by atoms with van der Waals surface area (Å²) in [6.45, 7) is 11.4. The molecule has 64 heavy (non-hydrogen) atoms. The highest BCUT2D eigenvalue weighted by Gasteiger charge is 2.19. The summed E-state index contributed by atoms with van der Waals surface area (Å²) in [6, 6.07) is 0. The van der Waals surface area contributed by atoms with Gasteiger partial charge in [-0.25, -0.2) is 0 Å². The van der Waals surface area contributed by atoms with Crippen molar-refractivity contribution in [2.45, 2.75) is 330 Å². The second-order valence-electron chi connectivity index (χ2n) is 20.6. The van der Waals surface area contributed by atoms with Crippen LogP contribution in [0.1, 0.15) is 324 Å². The molecule has 0 N–H and O–H groups in total. The van der Waals surface area contributed by atoms with Gasteiger partial charge in [-0.2, -0.15) is 0 Å². The number of unbranched alkanes of at least 4 members (excludes halogenated alkanes) is 36. The number of ether oxygens (including phenoxy) is 3. The normalized spacial score (nSPS) is 12.5. The minimum absolute atomic E-state index is 0.0629. The molecule has 0 aromatic carbocycles. The Hall–Kier alpha value is -1.59. The molecule has 0 aliphatic heterocycles. The number of hydrogen-bond acceptors (Lipinski definition) is 6. The number of esters is 3. The van der Waals surface area contributed by atoms with Crippen molar-refractivity contribution in [3.05, 3.63) is 0 Å². The van der Waals surface area contributed by atoms with E-state index in [9.17, 15) is 14.4 Å². The van der Waals surface area contributed by atoms with E-state index >= 15 is 0 Å². The Balaban J connectivity index is 4.18. The first-order chi connectivity index (χ1) is 31.3. The molecular formula is C58H112O6. The molecule has 0 saturated heterocycles. The van der Waals surface area contributed by atoms with Crippen molar-refractivity contribution < 1.29 is 28.6 Å². The summed E-state index contributed by atoms with van der Waals surface area (Å²) in [5.74, 6) is 0.906. The van der Waals surface area contributed by atoms with Crippen LogP contribution >= 0.6 is 0 Å². The van der Waals surface area contributed by atoms with Crippen LogP contribution in [-0.4, -0.2) is 37.2 Å². The zero-order chi connectivity index (χ0) is 46.8. The Bertz CT molecular complexity index is 980. The fourth-order valence-electron chi connectivity index (χ4n) is 8.84. The molecule has 380 valence electrons. The molecule has 1 unspecified atom stereocenters. The molecule has 6 nitrogen and oxygen atoms in total. The third-order valence-electron chi connectivity index (χ3n) is 13.6. The lowest BCUT2D eigenvalue weighted by molar-refractivity contribution is -0.167. The molecule has 0 amide bonds. The summed E-state index contributed by atoms with van der Waals surface area (Å²) in [6.07, 6.45) is 53.8. The minimum atomic E-state index is -0.761. The van der Waals surface area contributed by atoms with Crippen LogP contribution in [0.5, 0.6) is 0 Å². The first-order valence-electron chi connectivity index (χ1n) is 28.8. The van der Waals surface area contributed by atoms with Gasteiger partial charge in [0.15, 0.2) is 6.10 Å². The molecule has 2 atom stereocenters. The van der Waals surface area contributed by atoms with Crippen molar-refractivity contribution >= 4 is 17.9 Å². The molecule has 6 heteroatoms. The predicted molar refractivity (Wildman–Crippen MR) is 275 cm³/mol. The zero-order valence-corrected chi connectivity index (χ0v) is 43.9. The Morgan fingerprint density at radius 2 is 0.594 bits per heavy atom. The first kappa shape index (κ1) is 62.4. The highest BCUT2D eigenvalue weighted by Crippen LogP contribution is 2.19. The molecule has 0 bridgehead atoms. The van der Waals surface area contributed by atoms with E-state index in [2.05, 4.69) is 34.6 Å². The van der Waals surface area contributed by atoms with Gasteiger partial charge in [0.2, 0.25) is 0 Å². The van der Waals surface area contributed by atoms with Gasteiger partial charge in [0.05, 0.1) is 0 Å². The smallest absolute Gasteiger partial charge is 0.306 e. The van der Waals surface area contributed by atoms with E-state index in [1.807, 2.05) is 0 Å². The molecule has 0 spiro atoms. The number of hydrogen-bond donors (Lipinski definition) is 0. The average molecular weight is 906 g/mol. The maximum Gasteiger partial charge on any atom is 0.306 e. The minimum Gasteiger partial charge on any atom is -0.462 e. The van der Waals surface area contributed by atoms with Crippen LogP contribution in [0.3, 0.4) is 0 Å². The molecule has 0 rings (SSSR count). The van der Waals surface area contributed by atoms with Gasteiger partial charge in [0.25, 0.3) is 0 Å². The van der Waals surface area contributed by atoms with Crippen molar-refractivity contribution in [2.75, 3.05) is 13.2 Å². The SMILES string of the molecule is CCCCCCCCCCCC(=O)O[C@@H](COC(=O)CCCCCCCCCCCCCCCCCCC(C)C)COC(=O)CCCCCCCCCCCCCCCCC(C)CC. The molecular weight excluding hydrogens is 793 g/mol. The van der Waals surface area contributed by atoms with Crippen LogP contribution in [0.25, 0.3) is 0 Å². The highest BCUT2D eigenvalue weighted by atomic mass is 16.6. The Labute approximate surface area is 399 Å². The maximum absolute atomic E-state index is 12.8. The lowest BCUT2D eigenvalue weighted by atomic mass is 9.99. The number of rotatable bonds is 52. The summed E-state index contributed by atoms with van der Waals surface area (Å²) in [5.41, 5.74) is 0. The van der Waals surface area contributed by atoms with E-state index in [1.54, 1.807) is 0 Å². The monoisotopic (exact) mass is 905 g/mol. The molecule has 0 heterocycles. The maximum atomic E-state index is 12.8. The van der Waals surface area contributed by atoms with Crippen LogP contribution in [0.15, 0.2) is 0 Å². The third-order valence-corrected chi connectivity index (χ3v) is 13.6. The molecule has 0 aliphatic carbocycles. The molecule has 0 saturated carbocycles. The lowest BCUT2D eigenvalue weighted by Crippen LogP contribution is -2.30. The average Bonchev–Trinajstić information content (AvgIpc) is 3.28. The topological polar surface area (TPSA) is 78.9 Å². The summed E-state index contributed by atoms with van der Waals surface area (Å²) in [5, 5.41) is 0. The molecule has 0 radical (unpaired) electrons. The van der Waals surface area contributed by atoms with Gasteiger partial charge in [-0.3, -0.25) is 14.4 Å². The predicted octanol–water partition coefficient (Wildman–Crippen LogP) is 18.9. The van der Waals surface area contributed by atoms with Crippen LogP contribution in [-0.2, 0) is 28.6 Å². The molecule has 0 aliphatic rings. The summed E-state index contributed by atoms with van der Waals surface area (Å²) >= 11 is 0. The van der Waals surface area contributed by atoms with Gasteiger partial charge in [0, 0.05) is 19.3 Å². The second kappa shape index (κ2) is 50.8. The molecule has 0 aromatic rings. The van der Waals surface area contributed by atoms with Crippen LogP contribution < -0.4 is 0 Å².